The minimum atomic E-state index is -4.58. The average molecular weight is 306 g/mol. The van der Waals surface area contributed by atoms with E-state index in [1.54, 1.807) is 18.2 Å². The molecule has 1 heterocycles. The quantitative estimate of drug-likeness (QED) is 0.841. The van der Waals surface area contributed by atoms with Gasteiger partial charge in [-0.3, -0.25) is 0 Å². The second kappa shape index (κ2) is 5.13. The first-order valence-corrected chi connectivity index (χ1v) is 7.29. The van der Waals surface area contributed by atoms with Crippen LogP contribution in [0.25, 0.3) is 6.08 Å². The molecule has 102 valence electrons. The van der Waals surface area contributed by atoms with Crippen LogP contribution in [0.1, 0.15) is 5.56 Å². The molecule has 1 aromatic rings. The fourth-order valence-corrected chi connectivity index (χ4v) is 3.26. The van der Waals surface area contributed by atoms with Gasteiger partial charge >= 0.3 is 12.1 Å². The van der Waals surface area contributed by atoms with Gasteiger partial charge < -0.3 is 5.11 Å². The highest BCUT2D eigenvalue weighted by Crippen LogP contribution is 2.45. The third-order valence-corrected chi connectivity index (χ3v) is 4.71. The molecular weight excluding hydrogens is 297 g/mol. The minimum Gasteiger partial charge on any atom is -0.478 e. The average Bonchev–Trinajstić information content (AvgIpc) is 2.35. The highest BCUT2D eigenvalue weighted by atomic mass is 32.2. The number of carbonyl (C=O) groups is 1. The Morgan fingerprint density at radius 1 is 1.42 bits per heavy atom. The van der Waals surface area contributed by atoms with Gasteiger partial charge in [0.1, 0.15) is 5.25 Å². The molecule has 0 amide bonds. The number of carboxylic acid groups (broad SMARTS) is 1. The van der Waals surface area contributed by atoms with Crippen molar-refractivity contribution in [3.8, 4) is 0 Å². The van der Waals surface area contributed by atoms with Crippen molar-refractivity contribution in [2.75, 3.05) is 6.26 Å². The third-order valence-electron chi connectivity index (χ3n) is 2.60. The number of carboxylic acids is 1. The molecule has 0 aromatic heterocycles. The van der Waals surface area contributed by atoms with Crippen LogP contribution >= 0.6 is 23.5 Å². The topological polar surface area (TPSA) is 37.3 Å². The number of hydrogen-bond donors (Lipinski definition) is 1. The summed E-state index contributed by atoms with van der Waals surface area (Å²) in [7, 11) is 0. The van der Waals surface area contributed by atoms with E-state index in [9.17, 15) is 18.0 Å². The van der Waals surface area contributed by atoms with Crippen molar-refractivity contribution in [3.05, 3.63) is 29.3 Å². The van der Waals surface area contributed by atoms with Crippen LogP contribution in [0.3, 0.4) is 0 Å². The van der Waals surface area contributed by atoms with Crippen LogP contribution in [-0.2, 0) is 4.79 Å². The zero-order valence-corrected chi connectivity index (χ0v) is 11.3. The van der Waals surface area contributed by atoms with Crippen molar-refractivity contribution in [2.45, 2.75) is 21.2 Å². The third kappa shape index (κ3) is 2.92. The number of rotatable bonds is 2. The maximum Gasteiger partial charge on any atom is 0.405 e. The van der Waals surface area contributed by atoms with E-state index in [0.717, 1.165) is 11.0 Å². The summed E-state index contributed by atoms with van der Waals surface area (Å²) in [4.78, 5) is 12.3. The molecule has 1 atom stereocenters. The summed E-state index contributed by atoms with van der Waals surface area (Å²) in [5.74, 6) is -1.53. The summed E-state index contributed by atoms with van der Waals surface area (Å²) in [6, 6.07) is 5.02. The van der Waals surface area contributed by atoms with Crippen LogP contribution in [0.4, 0.5) is 13.2 Å². The maximum absolute atomic E-state index is 12.9. The van der Waals surface area contributed by atoms with Crippen LogP contribution in [-0.4, -0.2) is 28.8 Å². The molecule has 0 spiro atoms. The van der Waals surface area contributed by atoms with Crippen molar-refractivity contribution in [3.63, 3.8) is 0 Å². The zero-order valence-electron chi connectivity index (χ0n) is 9.69. The number of fused-ring (bicyclic) bond motifs is 1. The molecule has 0 saturated heterocycles. The van der Waals surface area contributed by atoms with Crippen LogP contribution < -0.4 is 0 Å². The summed E-state index contributed by atoms with van der Waals surface area (Å²) < 4.78 is 38.6. The lowest BCUT2D eigenvalue weighted by molar-refractivity contribution is -0.140. The maximum atomic E-state index is 12.9. The van der Waals surface area contributed by atoms with E-state index >= 15 is 0 Å². The molecule has 7 heteroatoms. The van der Waals surface area contributed by atoms with Crippen LogP contribution in [0.2, 0.25) is 0 Å². The van der Waals surface area contributed by atoms with E-state index in [1.807, 2.05) is 6.26 Å². The van der Waals surface area contributed by atoms with E-state index < -0.39 is 23.0 Å². The van der Waals surface area contributed by atoms with Gasteiger partial charge in [-0.05, 0) is 36.1 Å². The highest BCUT2D eigenvalue weighted by Gasteiger charge is 2.46. The molecule has 1 N–H and O–H groups in total. The van der Waals surface area contributed by atoms with E-state index in [1.165, 1.54) is 11.8 Å². The largest absolute Gasteiger partial charge is 0.478 e. The van der Waals surface area contributed by atoms with Crippen LogP contribution in [0.15, 0.2) is 33.6 Å². The first-order chi connectivity index (χ1) is 8.82. The van der Waals surface area contributed by atoms with E-state index in [-0.39, 0.29) is 0 Å². The standard InChI is InChI=1S/C12H9F3O2S2/c1-18-7-2-3-9-6(4-7)5-8(11(16)17)10(19-9)12(13,14)15/h2-5,10H,1H3,(H,16,17). The van der Waals surface area contributed by atoms with Crippen molar-refractivity contribution in [1.82, 2.24) is 0 Å². The second-order valence-electron chi connectivity index (χ2n) is 3.85. The van der Waals surface area contributed by atoms with Crippen LogP contribution in [0, 0.1) is 0 Å². The Balaban J connectivity index is 2.51. The van der Waals surface area contributed by atoms with E-state index in [2.05, 4.69) is 0 Å². The number of alkyl halides is 3. The summed E-state index contributed by atoms with van der Waals surface area (Å²) in [5, 5.41) is 6.92. The smallest absolute Gasteiger partial charge is 0.405 e. The number of aliphatic carboxylic acids is 1. The van der Waals surface area contributed by atoms with Gasteiger partial charge in [0, 0.05) is 9.79 Å². The molecule has 1 unspecified atom stereocenters. The lowest BCUT2D eigenvalue weighted by atomic mass is 10.1. The minimum absolute atomic E-state index is 0.449. The van der Waals surface area contributed by atoms with Gasteiger partial charge in [0.05, 0.1) is 5.57 Å². The highest BCUT2D eigenvalue weighted by molar-refractivity contribution is 8.00. The lowest BCUT2D eigenvalue weighted by Crippen LogP contribution is -2.32. The molecular formula is C12H9F3O2S2. The fourth-order valence-electron chi connectivity index (χ4n) is 1.72. The van der Waals surface area contributed by atoms with Crippen LogP contribution in [0.5, 0.6) is 0 Å². The lowest BCUT2D eigenvalue weighted by Gasteiger charge is -2.25. The predicted octanol–water partition coefficient (Wildman–Crippen LogP) is 3.91. The molecule has 0 radical (unpaired) electrons. The number of benzene rings is 1. The van der Waals surface area contributed by atoms with Gasteiger partial charge in [0.2, 0.25) is 0 Å². The molecule has 2 nitrogen and oxygen atoms in total. The summed E-state index contributed by atoms with van der Waals surface area (Å²) in [6.07, 6.45) is -1.62. The molecule has 1 aliphatic rings. The molecule has 2 rings (SSSR count). The molecule has 0 aliphatic carbocycles. The second-order valence-corrected chi connectivity index (χ2v) is 5.87. The summed E-state index contributed by atoms with van der Waals surface area (Å²) >= 11 is 1.99. The van der Waals surface area contributed by atoms with Gasteiger partial charge in [-0.15, -0.1) is 23.5 Å². The molecule has 0 bridgehead atoms. The van der Waals surface area contributed by atoms with Gasteiger partial charge in [-0.2, -0.15) is 13.2 Å². The normalized spacial score (nSPS) is 18.7. The molecule has 0 saturated carbocycles. The van der Waals surface area contributed by atoms with Gasteiger partial charge in [-0.25, -0.2) is 4.79 Å². The Kier molecular flexibility index (Phi) is 3.87. The monoisotopic (exact) mass is 306 g/mol. The van der Waals surface area contributed by atoms with Crippen molar-refractivity contribution >= 4 is 35.6 Å². The Morgan fingerprint density at radius 3 is 2.63 bits per heavy atom. The Hall–Kier alpha value is -1.08. The molecule has 19 heavy (non-hydrogen) atoms. The van der Waals surface area contributed by atoms with Crippen molar-refractivity contribution in [1.29, 1.82) is 0 Å². The summed E-state index contributed by atoms with van der Waals surface area (Å²) in [6.45, 7) is 0. The fraction of sp³-hybridized carbons (Fsp3) is 0.250. The SMILES string of the molecule is CSc1ccc2c(c1)C=C(C(=O)O)C(C(F)(F)F)S2. The first kappa shape index (κ1) is 14.3. The van der Waals surface area contributed by atoms with E-state index in [4.69, 9.17) is 5.11 Å². The molecule has 0 fully saturated rings. The van der Waals surface area contributed by atoms with Crippen molar-refractivity contribution < 1.29 is 23.1 Å². The Bertz CT molecular complexity index is 552. The molecule has 1 aliphatic heterocycles. The van der Waals surface area contributed by atoms with E-state index in [0.29, 0.717) is 22.2 Å². The van der Waals surface area contributed by atoms with Gasteiger partial charge in [-0.1, -0.05) is 0 Å². The summed E-state index contributed by atoms with van der Waals surface area (Å²) in [5.41, 5.74) is -0.0991. The Labute approximate surface area is 116 Å². The number of hydrogen-bond acceptors (Lipinski definition) is 3. The Morgan fingerprint density at radius 2 is 2.11 bits per heavy atom. The first-order valence-electron chi connectivity index (χ1n) is 5.19. The van der Waals surface area contributed by atoms with Crippen molar-refractivity contribution in [2.24, 2.45) is 0 Å². The van der Waals surface area contributed by atoms with Gasteiger partial charge in [0.25, 0.3) is 0 Å². The predicted molar refractivity (Wildman–Crippen MR) is 69.5 cm³/mol. The van der Waals surface area contributed by atoms with Gasteiger partial charge in [0.15, 0.2) is 0 Å². The number of halogens is 3. The molecule has 1 aromatic carbocycles. The zero-order chi connectivity index (χ0) is 14.2. The number of thioether (sulfide) groups is 2.